The molecule has 7 nitrogen and oxygen atoms in total. The van der Waals surface area contributed by atoms with Gasteiger partial charge in [0.2, 0.25) is 0 Å². The number of nitrogens with zero attached hydrogens (tertiary/aromatic N) is 1. The molecule has 1 aromatic carbocycles. The average Bonchev–Trinajstić information content (AvgIpc) is 3.08. The van der Waals surface area contributed by atoms with Crippen molar-refractivity contribution in [1.82, 2.24) is 10.2 Å². The number of amides is 1. The van der Waals surface area contributed by atoms with Crippen molar-refractivity contribution in [3.8, 4) is 0 Å². The molecule has 1 fully saturated rings. The van der Waals surface area contributed by atoms with Crippen molar-refractivity contribution in [1.29, 1.82) is 0 Å². The summed E-state index contributed by atoms with van der Waals surface area (Å²) < 4.78 is 34.7. The number of aryl methyl sites for hydroxylation is 1. The average molecular weight is 427 g/mol. The second kappa shape index (κ2) is 8.65. The van der Waals surface area contributed by atoms with E-state index in [0.29, 0.717) is 19.8 Å². The summed E-state index contributed by atoms with van der Waals surface area (Å²) in [5.41, 5.74) is 0.126. The van der Waals surface area contributed by atoms with Crippen LogP contribution in [0.4, 0.5) is 0 Å². The van der Waals surface area contributed by atoms with Crippen LogP contribution >= 0.6 is 11.6 Å². The highest BCUT2D eigenvalue weighted by molar-refractivity contribution is 7.90. The number of halogens is 1. The molecule has 0 spiro atoms. The van der Waals surface area contributed by atoms with E-state index in [0.717, 1.165) is 30.9 Å². The van der Waals surface area contributed by atoms with Crippen LogP contribution in [0.15, 0.2) is 39.6 Å². The first-order valence-electron chi connectivity index (χ1n) is 8.91. The van der Waals surface area contributed by atoms with E-state index in [1.54, 1.807) is 0 Å². The second-order valence-electron chi connectivity index (χ2n) is 6.74. The lowest BCUT2D eigenvalue weighted by molar-refractivity contribution is 0.0117. The Morgan fingerprint density at radius 1 is 1.25 bits per heavy atom. The van der Waals surface area contributed by atoms with Crippen LogP contribution in [0.3, 0.4) is 0 Å². The Balaban J connectivity index is 1.78. The Morgan fingerprint density at radius 3 is 2.57 bits per heavy atom. The number of hydrogen-bond donors (Lipinski definition) is 1. The van der Waals surface area contributed by atoms with Crippen LogP contribution in [0.25, 0.3) is 0 Å². The molecule has 0 bridgehead atoms. The maximum absolute atomic E-state index is 12.7. The van der Waals surface area contributed by atoms with Gasteiger partial charge < -0.3 is 14.5 Å². The zero-order chi connectivity index (χ0) is 20.3. The third kappa shape index (κ3) is 4.94. The van der Waals surface area contributed by atoms with E-state index in [2.05, 4.69) is 10.2 Å². The maximum Gasteiger partial charge on any atom is 0.252 e. The minimum atomic E-state index is -3.44. The van der Waals surface area contributed by atoms with E-state index in [1.807, 2.05) is 19.1 Å². The van der Waals surface area contributed by atoms with Crippen molar-refractivity contribution in [2.75, 3.05) is 39.1 Å². The van der Waals surface area contributed by atoms with Gasteiger partial charge in [-0.1, -0.05) is 11.6 Å². The third-order valence-corrected chi connectivity index (χ3v) is 6.08. The topological polar surface area (TPSA) is 88.9 Å². The normalized spacial score (nSPS) is 16.7. The smallest absolute Gasteiger partial charge is 0.252 e. The monoisotopic (exact) mass is 426 g/mol. The molecule has 1 saturated heterocycles. The number of carbonyl (C=O) groups excluding carboxylic acids is 1. The van der Waals surface area contributed by atoms with Crippen LogP contribution in [-0.4, -0.2) is 58.3 Å². The molecule has 0 radical (unpaired) electrons. The first-order valence-corrected chi connectivity index (χ1v) is 11.2. The highest BCUT2D eigenvalue weighted by Crippen LogP contribution is 2.24. The van der Waals surface area contributed by atoms with E-state index in [1.165, 1.54) is 18.2 Å². The molecule has 2 aromatic rings. The Bertz CT molecular complexity index is 951. The third-order valence-electron chi connectivity index (χ3n) is 4.64. The Labute approximate surface area is 169 Å². The van der Waals surface area contributed by atoms with Crippen LogP contribution in [0.5, 0.6) is 0 Å². The summed E-state index contributed by atoms with van der Waals surface area (Å²) >= 11 is 6.12. The highest BCUT2D eigenvalue weighted by Gasteiger charge is 2.26. The van der Waals surface area contributed by atoms with Crippen molar-refractivity contribution in [2.45, 2.75) is 17.9 Å². The molecule has 1 atom stereocenters. The van der Waals surface area contributed by atoms with Crippen molar-refractivity contribution < 1.29 is 22.4 Å². The largest absolute Gasteiger partial charge is 0.465 e. The standard InChI is InChI=1S/C19H23ClN2O5S/c1-13-3-6-18(27-13)17(22-7-9-26-10-8-22)12-21-19(23)15-11-14(28(2,24)25)4-5-16(15)20/h3-6,11,17H,7-10,12H2,1-2H3,(H,21,23). The molecular formula is C19H23ClN2O5S. The van der Waals surface area contributed by atoms with Gasteiger partial charge in [0.25, 0.3) is 5.91 Å². The summed E-state index contributed by atoms with van der Waals surface area (Å²) in [6, 6.07) is 7.74. The lowest BCUT2D eigenvalue weighted by Gasteiger charge is -2.33. The van der Waals surface area contributed by atoms with Crippen LogP contribution in [0, 0.1) is 6.92 Å². The van der Waals surface area contributed by atoms with Gasteiger partial charge in [-0.3, -0.25) is 9.69 Å². The van der Waals surface area contributed by atoms with Gasteiger partial charge in [0.1, 0.15) is 11.5 Å². The molecule has 152 valence electrons. The fraction of sp³-hybridized carbons (Fsp3) is 0.421. The number of morpholine rings is 1. The van der Waals surface area contributed by atoms with Gasteiger partial charge in [-0.05, 0) is 37.3 Å². The summed E-state index contributed by atoms with van der Waals surface area (Å²) in [7, 11) is -3.44. The fourth-order valence-electron chi connectivity index (χ4n) is 3.12. The van der Waals surface area contributed by atoms with Gasteiger partial charge in [0.15, 0.2) is 9.84 Å². The minimum absolute atomic E-state index is 0.0495. The van der Waals surface area contributed by atoms with Gasteiger partial charge in [-0.2, -0.15) is 0 Å². The first kappa shape index (κ1) is 20.9. The summed E-state index contributed by atoms with van der Waals surface area (Å²) in [6.45, 7) is 4.86. The zero-order valence-electron chi connectivity index (χ0n) is 15.8. The fourth-order valence-corrected chi connectivity index (χ4v) is 3.98. The Kier molecular flexibility index (Phi) is 6.44. The van der Waals surface area contributed by atoms with Gasteiger partial charge in [0.05, 0.1) is 34.7 Å². The lowest BCUT2D eigenvalue weighted by atomic mass is 10.1. The van der Waals surface area contributed by atoms with Gasteiger partial charge >= 0.3 is 0 Å². The predicted octanol–water partition coefficient (Wildman–Crippen LogP) is 2.45. The van der Waals surface area contributed by atoms with Crippen LogP contribution in [0.1, 0.15) is 27.9 Å². The first-order chi connectivity index (χ1) is 13.3. The molecule has 1 aromatic heterocycles. The van der Waals surface area contributed by atoms with Crippen LogP contribution in [0.2, 0.25) is 5.02 Å². The van der Waals surface area contributed by atoms with Gasteiger partial charge in [-0.25, -0.2) is 8.42 Å². The van der Waals surface area contributed by atoms with Gasteiger partial charge in [0, 0.05) is 25.9 Å². The quantitative estimate of drug-likeness (QED) is 0.763. The van der Waals surface area contributed by atoms with Gasteiger partial charge in [-0.15, -0.1) is 0 Å². The number of benzene rings is 1. The minimum Gasteiger partial charge on any atom is -0.465 e. The van der Waals surface area contributed by atoms with E-state index in [4.69, 9.17) is 20.8 Å². The summed E-state index contributed by atoms with van der Waals surface area (Å²) in [4.78, 5) is 14.9. The van der Waals surface area contributed by atoms with Crippen molar-refractivity contribution in [3.05, 3.63) is 52.4 Å². The lowest BCUT2D eigenvalue weighted by Crippen LogP contribution is -2.43. The SMILES string of the molecule is Cc1ccc(C(CNC(=O)c2cc(S(C)(=O)=O)ccc2Cl)N2CCOCC2)o1. The molecule has 28 heavy (non-hydrogen) atoms. The maximum atomic E-state index is 12.7. The van der Waals surface area contributed by atoms with Crippen molar-refractivity contribution in [2.24, 2.45) is 0 Å². The number of ether oxygens (including phenoxy) is 1. The number of hydrogen-bond acceptors (Lipinski definition) is 6. The van der Waals surface area contributed by atoms with E-state index < -0.39 is 15.7 Å². The molecule has 1 N–H and O–H groups in total. The molecule has 1 aliphatic rings. The summed E-state index contributed by atoms with van der Waals surface area (Å²) in [6.07, 6.45) is 1.09. The summed E-state index contributed by atoms with van der Waals surface area (Å²) in [5.74, 6) is 1.12. The number of furan rings is 1. The molecule has 0 saturated carbocycles. The van der Waals surface area contributed by atoms with Crippen LogP contribution in [-0.2, 0) is 14.6 Å². The number of rotatable bonds is 6. The number of sulfone groups is 1. The van der Waals surface area contributed by atoms with E-state index >= 15 is 0 Å². The highest BCUT2D eigenvalue weighted by atomic mass is 35.5. The zero-order valence-corrected chi connectivity index (χ0v) is 17.3. The Morgan fingerprint density at radius 2 is 1.96 bits per heavy atom. The number of nitrogens with one attached hydrogen (secondary N) is 1. The second-order valence-corrected chi connectivity index (χ2v) is 9.16. The molecule has 1 unspecified atom stereocenters. The molecule has 1 amide bonds. The van der Waals surface area contributed by atoms with Crippen LogP contribution < -0.4 is 5.32 Å². The molecule has 0 aliphatic carbocycles. The van der Waals surface area contributed by atoms with E-state index in [9.17, 15) is 13.2 Å². The molecule has 3 rings (SSSR count). The van der Waals surface area contributed by atoms with E-state index in [-0.39, 0.29) is 21.5 Å². The Hall–Kier alpha value is -1.87. The van der Waals surface area contributed by atoms with Crippen molar-refractivity contribution in [3.63, 3.8) is 0 Å². The van der Waals surface area contributed by atoms with Crippen molar-refractivity contribution >= 4 is 27.3 Å². The molecular weight excluding hydrogens is 404 g/mol. The predicted molar refractivity (Wildman–Crippen MR) is 105 cm³/mol. The molecule has 9 heteroatoms. The molecule has 1 aliphatic heterocycles. The molecule has 2 heterocycles. The summed E-state index contributed by atoms with van der Waals surface area (Å²) in [5, 5.41) is 3.06. The number of carbonyl (C=O) groups is 1.